The van der Waals surface area contributed by atoms with Gasteiger partial charge in [0.2, 0.25) is 0 Å². The highest BCUT2D eigenvalue weighted by Gasteiger charge is 2.26. The summed E-state index contributed by atoms with van der Waals surface area (Å²) >= 11 is 0. The Balaban J connectivity index is 1.59. The Kier molecular flexibility index (Phi) is 4.57. The van der Waals surface area contributed by atoms with Crippen molar-refractivity contribution in [2.75, 3.05) is 6.54 Å². The van der Waals surface area contributed by atoms with Crippen molar-refractivity contribution >= 4 is 0 Å². The molecule has 0 saturated carbocycles. The Labute approximate surface area is 131 Å². The summed E-state index contributed by atoms with van der Waals surface area (Å²) in [5.41, 5.74) is 2.41. The first-order valence-corrected chi connectivity index (χ1v) is 7.74. The van der Waals surface area contributed by atoms with Gasteiger partial charge in [-0.05, 0) is 30.3 Å². The molecule has 22 heavy (non-hydrogen) atoms. The van der Waals surface area contributed by atoms with Crippen LogP contribution in [0.2, 0.25) is 0 Å². The van der Waals surface area contributed by atoms with E-state index in [0.29, 0.717) is 0 Å². The summed E-state index contributed by atoms with van der Waals surface area (Å²) in [6.07, 6.45) is 9.07. The third kappa shape index (κ3) is 3.38. The van der Waals surface area contributed by atoms with Gasteiger partial charge in [0.05, 0.1) is 30.4 Å². The van der Waals surface area contributed by atoms with Crippen LogP contribution in [0.15, 0.2) is 48.7 Å². The van der Waals surface area contributed by atoms with Crippen molar-refractivity contribution in [1.29, 1.82) is 5.26 Å². The number of nitrogens with one attached hydrogen (secondary N) is 2. The fraction of sp³-hybridized carbons (Fsp3) is 0.389. The van der Waals surface area contributed by atoms with E-state index in [4.69, 9.17) is 10.00 Å². The van der Waals surface area contributed by atoms with Gasteiger partial charge in [0.1, 0.15) is 0 Å². The summed E-state index contributed by atoms with van der Waals surface area (Å²) in [5, 5.41) is 15.4. The van der Waals surface area contributed by atoms with Gasteiger partial charge in [0.25, 0.3) is 0 Å². The van der Waals surface area contributed by atoms with Gasteiger partial charge in [0.15, 0.2) is 0 Å². The predicted molar refractivity (Wildman–Crippen MR) is 85.9 cm³/mol. The van der Waals surface area contributed by atoms with Crippen molar-refractivity contribution in [1.82, 2.24) is 10.6 Å². The molecule has 0 amide bonds. The molecule has 2 aliphatic rings. The van der Waals surface area contributed by atoms with E-state index in [1.807, 2.05) is 12.3 Å². The summed E-state index contributed by atoms with van der Waals surface area (Å²) in [7, 11) is 0. The minimum Gasteiger partial charge on any atom is -0.381 e. The topological polar surface area (TPSA) is 57.1 Å². The van der Waals surface area contributed by atoms with Gasteiger partial charge >= 0.3 is 0 Å². The van der Waals surface area contributed by atoms with E-state index in [0.717, 1.165) is 13.0 Å². The first-order chi connectivity index (χ1) is 10.8. The number of ether oxygens (including phenoxy) is 1. The van der Waals surface area contributed by atoms with Gasteiger partial charge in [-0.2, -0.15) is 5.26 Å². The highest BCUT2D eigenvalue weighted by atomic mass is 16.5. The minimum atomic E-state index is -0.0724. The number of nitriles is 1. The lowest BCUT2D eigenvalue weighted by atomic mass is 10.0. The Morgan fingerprint density at radius 2 is 2.09 bits per heavy atom. The van der Waals surface area contributed by atoms with E-state index in [2.05, 4.69) is 60.0 Å². The van der Waals surface area contributed by atoms with Crippen LogP contribution in [0.1, 0.15) is 36.6 Å². The van der Waals surface area contributed by atoms with Crippen molar-refractivity contribution in [3.8, 4) is 6.07 Å². The molecule has 1 aromatic rings. The number of benzene rings is 1. The lowest BCUT2D eigenvalue weighted by molar-refractivity contribution is 0.00759. The quantitative estimate of drug-likeness (QED) is 0.897. The van der Waals surface area contributed by atoms with Crippen LogP contribution in [0.25, 0.3) is 0 Å². The van der Waals surface area contributed by atoms with Gasteiger partial charge in [-0.25, -0.2) is 0 Å². The highest BCUT2D eigenvalue weighted by Crippen LogP contribution is 2.24. The minimum absolute atomic E-state index is 0.0352. The van der Waals surface area contributed by atoms with E-state index >= 15 is 0 Å². The molecule has 3 unspecified atom stereocenters. The molecule has 2 N–H and O–H groups in total. The van der Waals surface area contributed by atoms with Crippen LogP contribution in [0, 0.1) is 11.3 Å². The van der Waals surface area contributed by atoms with Crippen LogP contribution in [0.5, 0.6) is 0 Å². The molecule has 0 radical (unpaired) electrons. The zero-order chi connectivity index (χ0) is 15.4. The summed E-state index contributed by atoms with van der Waals surface area (Å²) in [6, 6.07) is 10.9. The second-order valence-electron chi connectivity index (χ2n) is 5.78. The van der Waals surface area contributed by atoms with E-state index in [-0.39, 0.29) is 24.3 Å². The molecular weight excluding hydrogens is 274 g/mol. The summed E-state index contributed by atoms with van der Waals surface area (Å²) < 4.78 is 6.06. The number of nitrogens with zero attached hydrogens (tertiary/aromatic N) is 1. The molecule has 1 saturated heterocycles. The molecule has 4 nitrogen and oxygen atoms in total. The molecule has 114 valence electrons. The smallest absolute Gasteiger partial charge is 0.0979 e. The largest absolute Gasteiger partial charge is 0.381 e. The summed E-state index contributed by atoms with van der Waals surface area (Å²) in [4.78, 5) is 0. The Hall–Kier alpha value is -2.09. The van der Waals surface area contributed by atoms with Gasteiger partial charge in [0, 0.05) is 13.0 Å². The molecule has 2 heterocycles. The average Bonchev–Trinajstić information content (AvgIpc) is 3.03. The molecule has 0 aliphatic carbocycles. The molecule has 1 aromatic carbocycles. The van der Waals surface area contributed by atoms with Crippen molar-refractivity contribution in [2.24, 2.45) is 0 Å². The van der Waals surface area contributed by atoms with Crippen molar-refractivity contribution in [2.45, 2.75) is 37.6 Å². The van der Waals surface area contributed by atoms with Crippen LogP contribution in [-0.2, 0) is 4.74 Å². The Bertz CT molecular complexity index is 600. The monoisotopic (exact) mass is 295 g/mol. The molecule has 2 aliphatic heterocycles. The maximum absolute atomic E-state index is 8.91. The van der Waals surface area contributed by atoms with E-state index in [1.165, 1.54) is 11.1 Å². The van der Waals surface area contributed by atoms with Crippen LogP contribution in [0.4, 0.5) is 0 Å². The molecular formula is C18H21N3O. The van der Waals surface area contributed by atoms with Crippen molar-refractivity contribution in [3.63, 3.8) is 0 Å². The van der Waals surface area contributed by atoms with Crippen molar-refractivity contribution in [3.05, 3.63) is 59.8 Å². The highest BCUT2D eigenvalue weighted by molar-refractivity contribution is 5.31. The molecule has 1 fully saturated rings. The number of allylic oxidation sites excluding steroid dienone is 2. The number of rotatable bonds is 4. The zero-order valence-electron chi connectivity index (χ0n) is 12.7. The first-order valence-electron chi connectivity index (χ1n) is 7.74. The number of dihydropyridines is 1. The fourth-order valence-corrected chi connectivity index (χ4v) is 2.90. The summed E-state index contributed by atoms with van der Waals surface area (Å²) in [6.45, 7) is 2.82. The second-order valence-corrected chi connectivity index (χ2v) is 5.78. The van der Waals surface area contributed by atoms with Crippen LogP contribution in [0.3, 0.4) is 0 Å². The fourth-order valence-electron chi connectivity index (χ4n) is 2.90. The first kappa shape index (κ1) is 14.8. The Morgan fingerprint density at radius 3 is 2.73 bits per heavy atom. The molecule has 0 spiro atoms. The van der Waals surface area contributed by atoms with Crippen LogP contribution < -0.4 is 10.6 Å². The second kappa shape index (κ2) is 6.78. The molecule has 0 aromatic heterocycles. The molecule has 4 heteroatoms. The summed E-state index contributed by atoms with van der Waals surface area (Å²) in [5.74, 6) is 0. The van der Waals surface area contributed by atoms with Crippen molar-refractivity contribution < 1.29 is 4.74 Å². The van der Waals surface area contributed by atoms with Gasteiger partial charge in [-0.3, -0.25) is 5.32 Å². The average molecular weight is 295 g/mol. The maximum Gasteiger partial charge on any atom is 0.0979 e. The predicted octanol–water partition coefficient (Wildman–Crippen LogP) is 2.73. The van der Waals surface area contributed by atoms with E-state index in [1.54, 1.807) is 0 Å². The molecule has 3 rings (SSSR count). The molecule has 4 atom stereocenters. The normalized spacial score (nSPS) is 28.1. The maximum atomic E-state index is 8.91. The molecule has 0 bridgehead atoms. The number of hydrogen-bond donors (Lipinski definition) is 2. The Morgan fingerprint density at radius 1 is 1.27 bits per heavy atom. The standard InChI is InChI=1S/C18H21N3O/c1-13(22-17-10-16(11-19)21-12-17)14-5-7-15(8-6-14)18-4-2-3-9-20-18/h2-9,13,16-18,20-21H,10,12H2,1H3/t13?,16?,17-,18?/m0/s1. The third-order valence-electron chi connectivity index (χ3n) is 4.19. The number of hydrogen-bond acceptors (Lipinski definition) is 4. The lowest BCUT2D eigenvalue weighted by Crippen LogP contribution is -2.20. The third-order valence-corrected chi connectivity index (χ3v) is 4.19. The lowest BCUT2D eigenvalue weighted by Gasteiger charge is -2.20. The van der Waals surface area contributed by atoms with Gasteiger partial charge < -0.3 is 10.1 Å². The van der Waals surface area contributed by atoms with E-state index in [9.17, 15) is 0 Å². The zero-order valence-corrected chi connectivity index (χ0v) is 12.7. The van der Waals surface area contributed by atoms with Gasteiger partial charge in [-0.15, -0.1) is 0 Å². The van der Waals surface area contributed by atoms with Crippen LogP contribution in [-0.4, -0.2) is 18.7 Å². The van der Waals surface area contributed by atoms with Gasteiger partial charge in [-0.1, -0.05) is 36.4 Å². The SMILES string of the molecule is CC(O[C@@H]1CNC(C#N)C1)c1ccc(C2C=CC=CN2)cc1. The van der Waals surface area contributed by atoms with Crippen LogP contribution >= 0.6 is 0 Å². The van der Waals surface area contributed by atoms with E-state index < -0.39 is 0 Å².